The number of rotatable bonds is 4. The lowest BCUT2D eigenvalue weighted by Gasteiger charge is -2.17. The second-order valence-electron chi connectivity index (χ2n) is 5.70. The lowest BCUT2D eigenvalue weighted by atomic mass is 10.1. The Morgan fingerprint density at radius 1 is 1.17 bits per heavy atom. The molecule has 3 rings (SSSR count). The van der Waals surface area contributed by atoms with Crippen LogP contribution in [0.15, 0.2) is 72.1 Å². The topological polar surface area (TPSA) is 42.2 Å². The minimum Gasteiger partial charge on any atom is -0.508 e. The molecule has 0 radical (unpaired) electrons. The summed E-state index contributed by atoms with van der Waals surface area (Å²) in [5.74, 6) is 0.238. The minimum absolute atomic E-state index is 0.0216. The standard InChI is InChI=1S/C21H19NO2/c1-3-4-10-18-15(2)22(14-16-8-7-9-17(23)13-16)20-12-6-5-11-19(20)21(18)24/h3-13,23H,1,14H2,2H3/b10-4-. The van der Waals surface area contributed by atoms with Gasteiger partial charge in [0.25, 0.3) is 0 Å². The first-order valence-corrected chi connectivity index (χ1v) is 7.81. The van der Waals surface area contributed by atoms with Gasteiger partial charge in [-0.15, -0.1) is 0 Å². The lowest BCUT2D eigenvalue weighted by molar-refractivity contribution is 0.474. The molecule has 0 saturated heterocycles. The Labute approximate surface area is 140 Å². The molecular formula is C21H19NO2. The van der Waals surface area contributed by atoms with Crippen LogP contribution in [0.5, 0.6) is 5.75 Å². The van der Waals surface area contributed by atoms with Crippen molar-refractivity contribution in [1.82, 2.24) is 4.57 Å². The van der Waals surface area contributed by atoms with E-state index >= 15 is 0 Å². The number of nitrogens with zero attached hydrogens (tertiary/aromatic N) is 1. The lowest BCUT2D eigenvalue weighted by Crippen LogP contribution is -2.17. The highest BCUT2D eigenvalue weighted by Gasteiger charge is 2.12. The summed E-state index contributed by atoms with van der Waals surface area (Å²) in [6, 6.07) is 14.8. The predicted octanol–water partition coefficient (Wildman–Crippen LogP) is 4.26. The van der Waals surface area contributed by atoms with Crippen LogP contribution >= 0.6 is 0 Å². The zero-order chi connectivity index (χ0) is 17.1. The molecule has 0 spiro atoms. The number of allylic oxidation sites excluding steroid dienone is 2. The van der Waals surface area contributed by atoms with Gasteiger partial charge in [0, 0.05) is 23.2 Å². The Balaban J connectivity index is 2.27. The maximum absolute atomic E-state index is 12.8. The molecule has 0 aliphatic heterocycles. The predicted molar refractivity (Wildman–Crippen MR) is 99.4 cm³/mol. The van der Waals surface area contributed by atoms with Gasteiger partial charge in [-0.1, -0.05) is 43.0 Å². The quantitative estimate of drug-likeness (QED) is 0.730. The molecule has 0 fully saturated rings. The third-order valence-corrected chi connectivity index (χ3v) is 4.13. The van der Waals surface area contributed by atoms with Gasteiger partial charge in [-0.3, -0.25) is 4.79 Å². The van der Waals surface area contributed by atoms with Crippen LogP contribution in [0.3, 0.4) is 0 Å². The van der Waals surface area contributed by atoms with E-state index in [1.165, 1.54) is 0 Å². The van der Waals surface area contributed by atoms with Crippen LogP contribution in [0.4, 0.5) is 0 Å². The van der Waals surface area contributed by atoms with Gasteiger partial charge in [0.2, 0.25) is 0 Å². The minimum atomic E-state index is 0.0216. The average molecular weight is 317 g/mol. The fourth-order valence-electron chi connectivity index (χ4n) is 2.94. The molecule has 0 atom stereocenters. The molecule has 2 aromatic carbocycles. The molecular weight excluding hydrogens is 298 g/mol. The highest BCUT2D eigenvalue weighted by Crippen LogP contribution is 2.20. The van der Waals surface area contributed by atoms with Crippen molar-refractivity contribution >= 4 is 17.0 Å². The van der Waals surface area contributed by atoms with Crippen molar-refractivity contribution in [2.45, 2.75) is 13.5 Å². The summed E-state index contributed by atoms with van der Waals surface area (Å²) < 4.78 is 2.11. The van der Waals surface area contributed by atoms with E-state index in [4.69, 9.17) is 0 Å². The number of phenolic OH excluding ortho intramolecular Hbond substituents is 1. The molecule has 1 aromatic heterocycles. The van der Waals surface area contributed by atoms with E-state index in [0.717, 1.165) is 16.8 Å². The molecule has 3 nitrogen and oxygen atoms in total. The van der Waals surface area contributed by atoms with Crippen molar-refractivity contribution in [3.63, 3.8) is 0 Å². The van der Waals surface area contributed by atoms with E-state index in [2.05, 4.69) is 11.1 Å². The van der Waals surface area contributed by atoms with Crippen LogP contribution in [0.2, 0.25) is 0 Å². The van der Waals surface area contributed by atoms with Crippen LogP contribution in [-0.4, -0.2) is 9.67 Å². The molecule has 3 heteroatoms. The number of aromatic hydroxyl groups is 1. The summed E-state index contributed by atoms with van der Waals surface area (Å²) in [5.41, 5.74) is 3.44. The van der Waals surface area contributed by atoms with Crippen LogP contribution in [0.1, 0.15) is 16.8 Å². The third kappa shape index (κ3) is 2.88. The van der Waals surface area contributed by atoms with Crippen molar-refractivity contribution in [3.05, 3.63) is 94.3 Å². The van der Waals surface area contributed by atoms with Gasteiger partial charge in [-0.2, -0.15) is 0 Å². The fourth-order valence-corrected chi connectivity index (χ4v) is 2.94. The Kier molecular flexibility index (Phi) is 4.34. The molecule has 0 aliphatic carbocycles. The SMILES string of the molecule is C=C/C=C\c1c(C)n(Cc2cccc(O)c2)c2ccccc2c1=O. The second kappa shape index (κ2) is 6.59. The molecule has 3 aromatic rings. The van der Waals surface area contributed by atoms with Crippen molar-refractivity contribution in [1.29, 1.82) is 0 Å². The highest BCUT2D eigenvalue weighted by molar-refractivity contribution is 5.82. The number of fused-ring (bicyclic) bond motifs is 1. The van der Waals surface area contributed by atoms with Gasteiger partial charge in [0.1, 0.15) is 5.75 Å². The molecule has 1 N–H and O–H groups in total. The van der Waals surface area contributed by atoms with Crippen molar-refractivity contribution in [3.8, 4) is 5.75 Å². The summed E-state index contributed by atoms with van der Waals surface area (Å²) >= 11 is 0. The number of benzene rings is 2. The number of hydrogen-bond acceptors (Lipinski definition) is 2. The molecule has 0 amide bonds. The van der Waals surface area contributed by atoms with Crippen LogP contribution in [0.25, 0.3) is 17.0 Å². The Bertz CT molecular complexity index is 996. The number of aromatic nitrogens is 1. The molecule has 0 saturated carbocycles. The first-order chi connectivity index (χ1) is 11.6. The molecule has 1 heterocycles. The van der Waals surface area contributed by atoms with Crippen LogP contribution in [-0.2, 0) is 6.54 Å². The smallest absolute Gasteiger partial charge is 0.196 e. The van der Waals surface area contributed by atoms with E-state index in [-0.39, 0.29) is 11.2 Å². The highest BCUT2D eigenvalue weighted by atomic mass is 16.3. The van der Waals surface area contributed by atoms with Gasteiger partial charge >= 0.3 is 0 Å². The Morgan fingerprint density at radius 2 is 1.96 bits per heavy atom. The summed E-state index contributed by atoms with van der Waals surface area (Å²) in [6.45, 7) is 6.20. The Hall–Kier alpha value is -3.07. The van der Waals surface area contributed by atoms with E-state index in [0.29, 0.717) is 17.5 Å². The molecule has 24 heavy (non-hydrogen) atoms. The normalized spacial score (nSPS) is 11.2. The van der Waals surface area contributed by atoms with E-state index < -0.39 is 0 Å². The summed E-state index contributed by atoms with van der Waals surface area (Å²) in [6.07, 6.45) is 5.24. The van der Waals surface area contributed by atoms with Gasteiger partial charge < -0.3 is 9.67 Å². The maximum Gasteiger partial charge on any atom is 0.196 e. The molecule has 0 unspecified atom stereocenters. The summed E-state index contributed by atoms with van der Waals surface area (Å²) in [5, 5.41) is 10.4. The zero-order valence-corrected chi connectivity index (χ0v) is 13.6. The molecule has 120 valence electrons. The molecule has 0 bridgehead atoms. The van der Waals surface area contributed by atoms with E-state index in [9.17, 15) is 9.90 Å². The van der Waals surface area contributed by atoms with Gasteiger partial charge in [0.05, 0.1) is 5.52 Å². The van der Waals surface area contributed by atoms with Crippen molar-refractivity contribution in [2.24, 2.45) is 0 Å². The summed E-state index contributed by atoms with van der Waals surface area (Å²) in [4.78, 5) is 12.8. The number of para-hydroxylation sites is 1. The molecule has 0 aliphatic rings. The van der Waals surface area contributed by atoms with Crippen molar-refractivity contribution in [2.75, 3.05) is 0 Å². The first kappa shape index (κ1) is 15.8. The number of hydrogen-bond donors (Lipinski definition) is 1. The van der Waals surface area contributed by atoms with Crippen LogP contribution in [0, 0.1) is 6.92 Å². The Morgan fingerprint density at radius 3 is 2.71 bits per heavy atom. The number of pyridine rings is 1. The van der Waals surface area contributed by atoms with Gasteiger partial charge in [-0.25, -0.2) is 0 Å². The number of phenols is 1. The first-order valence-electron chi connectivity index (χ1n) is 7.81. The van der Waals surface area contributed by atoms with E-state index in [1.807, 2.05) is 43.3 Å². The van der Waals surface area contributed by atoms with E-state index in [1.54, 1.807) is 30.4 Å². The monoisotopic (exact) mass is 317 g/mol. The van der Waals surface area contributed by atoms with Crippen LogP contribution < -0.4 is 5.43 Å². The summed E-state index contributed by atoms with van der Waals surface area (Å²) in [7, 11) is 0. The maximum atomic E-state index is 12.8. The van der Waals surface area contributed by atoms with Gasteiger partial charge in [0.15, 0.2) is 5.43 Å². The van der Waals surface area contributed by atoms with Crippen molar-refractivity contribution < 1.29 is 5.11 Å². The zero-order valence-electron chi connectivity index (χ0n) is 13.6. The van der Waals surface area contributed by atoms with Gasteiger partial charge in [-0.05, 0) is 42.8 Å². The fraction of sp³-hybridized carbons (Fsp3) is 0.0952. The second-order valence-corrected chi connectivity index (χ2v) is 5.70. The average Bonchev–Trinajstić information content (AvgIpc) is 2.59. The largest absolute Gasteiger partial charge is 0.508 e. The third-order valence-electron chi connectivity index (χ3n) is 4.13.